The Labute approximate surface area is 211 Å². The van der Waals surface area contributed by atoms with Crippen LogP contribution in [0.5, 0.6) is 5.75 Å². The number of para-hydroxylation sites is 1. The number of hydrogen-bond donors (Lipinski definition) is 1. The fourth-order valence-electron chi connectivity index (χ4n) is 4.13. The Morgan fingerprint density at radius 2 is 1.78 bits per heavy atom. The van der Waals surface area contributed by atoms with E-state index in [1.54, 1.807) is 42.0 Å². The first-order valence-corrected chi connectivity index (χ1v) is 11.5. The molecule has 0 aliphatic rings. The number of tetrazole rings is 1. The third-order valence-corrected chi connectivity index (χ3v) is 6.15. The predicted octanol–water partition coefficient (Wildman–Crippen LogP) is 4.46. The van der Waals surface area contributed by atoms with Gasteiger partial charge in [0.15, 0.2) is 0 Å². The number of carbonyl (C=O) groups excluding carboxylic acids is 2. The first kappa shape index (κ1) is 23.3. The van der Waals surface area contributed by atoms with Gasteiger partial charge in [-0.1, -0.05) is 34.9 Å². The number of nitrogens with zero attached hydrogens (tertiary/aromatic N) is 5. The number of rotatable bonds is 6. The first-order valence-electron chi connectivity index (χ1n) is 11.1. The van der Waals surface area contributed by atoms with E-state index in [0.29, 0.717) is 38.8 Å². The molecule has 0 radical (unpaired) electrons. The summed E-state index contributed by atoms with van der Waals surface area (Å²) in [7, 11) is 1.57. The van der Waals surface area contributed by atoms with E-state index in [2.05, 4.69) is 20.8 Å². The van der Waals surface area contributed by atoms with Gasteiger partial charge < -0.3 is 4.74 Å². The molecule has 2 aromatic heterocycles. The van der Waals surface area contributed by atoms with Crippen LogP contribution >= 0.6 is 11.6 Å². The number of methoxy groups -OCH3 is 1. The van der Waals surface area contributed by atoms with Gasteiger partial charge in [-0.3, -0.25) is 19.5 Å². The molecule has 5 rings (SSSR count). The van der Waals surface area contributed by atoms with Crippen molar-refractivity contribution in [2.75, 3.05) is 12.4 Å². The lowest BCUT2D eigenvalue weighted by molar-refractivity contribution is -0.115. The van der Waals surface area contributed by atoms with Gasteiger partial charge in [-0.25, -0.2) is 0 Å². The Balaban J connectivity index is 1.51. The highest BCUT2D eigenvalue weighted by atomic mass is 35.5. The number of benzene rings is 3. The third-order valence-electron chi connectivity index (χ3n) is 5.89. The maximum atomic E-state index is 13.5. The minimum atomic E-state index is -0.328. The topological polar surface area (TPSA) is 104 Å². The number of carbonyl (C=O) groups is 2. The number of anilines is 1. The maximum absolute atomic E-state index is 13.5. The van der Waals surface area contributed by atoms with Crippen molar-refractivity contribution >= 4 is 40.3 Å². The van der Waals surface area contributed by atoms with Crippen molar-refractivity contribution in [3.8, 4) is 11.4 Å². The van der Waals surface area contributed by atoms with Crippen LogP contribution in [0.4, 0.5) is 5.95 Å². The van der Waals surface area contributed by atoms with E-state index < -0.39 is 0 Å². The van der Waals surface area contributed by atoms with Gasteiger partial charge >= 0.3 is 0 Å². The molecule has 5 aromatic rings. The van der Waals surface area contributed by atoms with Crippen molar-refractivity contribution in [1.29, 1.82) is 0 Å². The van der Waals surface area contributed by atoms with E-state index in [1.807, 2.05) is 49.4 Å². The number of aromatic nitrogens is 5. The molecule has 3 aromatic carbocycles. The molecule has 0 unspecified atom stereocenters. The Morgan fingerprint density at radius 3 is 2.50 bits per heavy atom. The molecule has 0 aliphatic carbocycles. The molecule has 10 heteroatoms. The van der Waals surface area contributed by atoms with E-state index in [1.165, 1.54) is 4.68 Å². The molecule has 36 heavy (non-hydrogen) atoms. The number of hydrogen-bond acceptors (Lipinski definition) is 6. The fourth-order valence-corrected chi connectivity index (χ4v) is 4.26. The lowest BCUT2D eigenvalue weighted by Crippen LogP contribution is -2.19. The number of amides is 1. The van der Waals surface area contributed by atoms with Gasteiger partial charge in [0.1, 0.15) is 5.75 Å². The second-order valence-corrected chi connectivity index (χ2v) is 8.51. The van der Waals surface area contributed by atoms with E-state index >= 15 is 0 Å². The van der Waals surface area contributed by atoms with Crippen LogP contribution < -0.4 is 10.1 Å². The van der Waals surface area contributed by atoms with Gasteiger partial charge in [0, 0.05) is 21.7 Å². The molecule has 1 N–H and O–H groups in total. The zero-order valence-electron chi connectivity index (χ0n) is 19.5. The van der Waals surface area contributed by atoms with E-state index in [9.17, 15) is 9.59 Å². The second-order valence-electron chi connectivity index (χ2n) is 8.07. The van der Waals surface area contributed by atoms with E-state index in [4.69, 9.17) is 16.3 Å². The normalized spacial score (nSPS) is 11.0. The number of nitrogens with one attached hydrogen (secondary N) is 1. The molecule has 0 aliphatic heterocycles. The average molecular weight is 501 g/mol. The van der Waals surface area contributed by atoms with Crippen LogP contribution in [0.2, 0.25) is 5.02 Å². The summed E-state index contributed by atoms with van der Waals surface area (Å²) in [5.74, 6) is 0.264. The molecule has 9 nitrogen and oxygen atoms in total. The summed E-state index contributed by atoms with van der Waals surface area (Å²) >= 11 is 6.00. The Hall–Kier alpha value is -4.50. The molecule has 0 saturated heterocycles. The van der Waals surface area contributed by atoms with Crippen molar-refractivity contribution in [3.63, 3.8) is 0 Å². The lowest BCUT2D eigenvalue weighted by Gasteiger charge is -2.08. The molecule has 180 valence electrons. The summed E-state index contributed by atoms with van der Waals surface area (Å²) in [6.07, 6.45) is -0.00194. The molecule has 0 atom stereocenters. The number of fused-ring (bicyclic) bond motifs is 1. The Morgan fingerprint density at radius 1 is 1.03 bits per heavy atom. The van der Waals surface area contributed by atoms with Gasteiger partial charge in [-0.2, -0.15) is 4.68 Å². The lowest BCUT2D eigenvalue weighted by atomic mass is 10.1. The summed E-state index contributed by atoms with van der Waals surface area (Å²) in [6, 6.07) is 21.4. The molecule has 0 spiro atoms. The minimum absolute atomic E-state index is 0.00194. The van der Waals surface area contributed by atoms with E-state index in [0.717, 1.165) is 5.39 Å². The maximum Gasteiger partial charge on any atom is 0.262 e. The zero-order chi connectivity index (χ0) is 25.2. The van der Waals surface area contributed by atoms with Crippen LogP contribution in [0.25, 0.3) is 16.6 Å². The average Bonchev–Trinajstić information content (AvgIpc) is 3.46. The molecule has 0 bridgehead atoms. The molecular formula is C26H21ClN6O3. The third kappa shape index (κ3) is 4.32. The summed E-state index contributed by atoms with van der Waals surface area (Å²) < 4.78 is 8.45. The van der Waals surface area contributed by atoms with Crippen molar-refractivity contribution < 1.29 is 14.3 Å². The minimum Gasteiger partial charge on any atom is -0.497 e. The predicted molar refractivity (Wildman–Crippen MR) is 136 cm³/mol. The molecule has 1 amide bonds. The quantitative estimate of drug-likeness (QED) is 0.369. The standard InChI is InChI=1S/C26H21ClN6O3/c1-16-21(15-24(34)28-26-29-30-31-33(26)19-6-4-3-5-7-19)22-14-20(36-2)12-13-23(22)32(16)25(35)17-8-10-18(27)11-9-17/h3-14H,15H2,1-2H3,(H,28,29,31,34). The van der Waals surface area contributed by atoms with Gasteiger partial charge in [-0.05, 0) is 77.5 Å². The van der Waals surface area contributed by atoms with Gasteiger partial charge in [0.25, 0.3) is 11.9 Å². The van der Waals surface area contributed by atoms with Crippen molar-refractivity contribution in [2.24, 2.45) is 0 Å². The first-order chi connectivity index (χ1) is 17.5. The monoisotopic (exact) mass is 500 g/mol. The molecule has 0 saturated carbocycles. The van der Waals surface area contributed by atoms with Crippen LogP contribution in [0.1, 0.15) is 21.6 Å². The van der Waals surface area contributed by atoms with Gasteiger partial charge in [0.2, 0.25) is 5.91 Å². The highest BCUT2D eigenvalue weighted by Crippen LogP contribution is 2.31. The number of ether oxygens (including phenoxy) is 1. The Bertz CT molecular complexity index is 1580. The molecule has 2 heterocycles. The largest absolute Gasteiger partial charge is 0.497 e. The summed E-state index contributed by atoms with van der Waals surface area (Å²) in [5.41, 5.74) is 3.21. The fraction of sp³-hybridized carbons (Fsp3) is 0.115. The highest BCUT2D eigenvalue weighted by Gasteiger charge is 2.23. The van der Waals surface area contributed by atoms with E-state index in [-0.39, 0.29) is 24.2 Å². The van der Waals surface area contributed by atoms with Crippen LogP contribution in [-0.4, -0.2) is 43.7 Å². The highest BCUT2D eigenvalue weighted by molar-refractivity contribution is 6.30. The van der Waals surface area contributed by atoms with Crippen LogP contribution in [-0.2, 0) is 11.2 Å². The SMILES string of the molecule is COc1ccc2c(c1)c(CC(=O)Nc1nnnn1-c1ccccc1)c(C)n2C(=O)c1ccc(Cl)cc1. The summed E-state index contributed by atoms with van der Waals surface area (Å²) in [4.78, 5) is 26.6. The molecular weight excluding hydrogens is 480 g/mol. The van der Waals surface area contributed by atoms with Crippen molar-refractivity contribution in [3.05, 3.63) is 94.6 Å². The second kappa shape index (κ2) is 9.63. The zero-order valence-corrected chi connectivity index (χ0v) is 20.2. The van der Waals surface area contributed by atoms with Crippen LogP contribution in [0.3, 0.4) is 0 Å². The van der Waals surface area contributed by atoms with Gasteiger partial charge in [-0.15, -0.1) is 0 Å². The number of halogens is 1. The smallest absolute Gasteiger partial charge is 0.262 e. The van der Waals surface area contributed by atoms with Crippen molar-refractivity contribution in [2.45, 2.75) is 13.3 Å². The molecule has 0 fully saturated rings. The summed E-state index contributed by atoms with van der Waals surface area (Å²) in [5, 5.41) is 15.7. The summed E-state index contributed by atoms with van der Waals surface area (Å²) in [6.45, 7) is 1.82. The van der Waals surface area contributed by atoms with Crippen molar-refractivity contribution in [1.82, 2.24) is 24.8 Å². The van der Waals surface area contributed by atoms with Crippen LogP contribution in [0.15, 0.2) is 72.8 Å². The van der Waals surface area contributed by atoms with Crippen LogP contribution in [0, 0.1) is 6.92 Å². The van der Waals surface area contributed by atoms with Gasteiger partial charge in [0.05, 0.1) is 24.7 Å². The Kier molecular flexibility index (Phi) is 6.22.